The zero-order valence-corrected chi connectivity index (χ0v) is 16.4. The molecule has 0 saturated heterocycles. The SMILES string of the molecule is C=C(C)C(=O)NCCCC[N+](CC)(CC)Cc1ccccc1.[Br-]. The van der Waals surface area contributed by atoms with Crippen molar-refractivity contribution in [1.82, 2.24) is 5.32 Å². The van der Waals surface area contributed by atoms with Gasteiger partial charge in [0.25, 0.3) is 0 Å². The van der Waals surface area contributed by atoms with E-state index in [2.05, 4.69) is 56.1 Å². The van der Waals surface area contributed by atoms with Gasteiger partial charge in [-0.25, -0.2) is 0 Å². The first-order valence-corrected chi connectivity index (χ1v) is 8.35. The highest BCUT2D eigenvalue weighted by molar-refractivity contribution is 5.91. The highest BCUT2D eigenvalue weighted by atomic mass is 79.9. The van der Waals surface area contributed by atoms with Gasteiger partial charge in [-0.3, -0.25) is 4.79 Å². The van der Waals surface area contributed by atoms with Gasteiger partial charge in [-0.05, 0) is 33.6 Å². The van der Waals surface area contributed by atoms with E-state index in [4.69, 9.17) is 0 Å². The smallest absolute Gasteiger partial charge is 0.246 e. The predicted molar refractivity (Wildman–Crippen MR) is 93.4 cm³/mol. The van der Waals surface area contributed by atoms with Crippen molar-refractivity contribution in [2.45, 2.75) is 40.2 Å². The first kappa shape index (κ1) is 21.9. The third-order valence-corrected chi connectivity index (χ3v) is 4.43. The van der Waals surface area contributed by atoms with Crippen LogP contribution >= 0.6 is 0 Å². The maximum absolute atomic E-state index is 11.4. The topological polar surface area (TPSA) is 29.1 Å². The standard InChI is InChI=1S/C19H30N2O.BrH/c1-5-21(6-2,16-18-12-8-7-9-13-18)15-11-10-14-20-19(22)17(3)4;/h7-9,12-13H,3,5-6,10-11,14-16H2,1-2,4H3;1H. The molecule has 0 heterocycles. The molecule has 0 saturated carbocycles. The average Bonchev–Trinajstić information content (AvgIpc) is 2.54. The summed E-state index contributed by atoms with van der Waals surface area (Å²) in [6.07, 6.45) is 2.15. The zero-order chi connectivity index (χ0) is 16.4. The van der Waals surface area contributed by atoms with E-state index >= 15 is 0 Å². The number of nitrogens with zero attached hydrogens (tertiary/aromatic N) is 1. The average molecular weight is 383 g/mol. The Balaban J connectivity index is 0.00000484. The Bertz CT molecular complexity index is 470. The zero-order valence-electron chi connectivity index (χ0n) is 14.8. The van der Waals surface area contributed by atoms with Gasteiger partial charge in [0.2, 0.25) is 5.91 Å². The van der Waals surface area contributed by atoms with Crippen LogP contribution in [0.2, 0.25) is 0 Å². The van der Waals surface area contributed by atoms with Crippen LogP contribution in [0, 0.1) is 0 Å². The van der Waals surface area contributed by atoms with Crippen molar-refractivity contribution in [2.75, 3.05) is 26.2 Å². The van der Waals surface area contributed by atoms with Crippen molar-refractivity contribution in [3.63, 3.8) is 0 Å². The molecule has 0 spiro atoms. The predicted octanol–water partition coefficient (Wildman–Crippen LogP) is 0.520. The number of halogens is 1. The van der Waals surface area contributed by atoms with E-state index in [1.165, 1.54) is 5.56 Å². The molecule has 0 aromatic heterocycles. The summed E-state index contributed by atoms with van der Waals surface area (Å²) in [5.41, 5.74) is 1.98. The number of unbranched alkanes of at least 4 members (excludes halogenated alkanes) is 1. The Kier molecular flexibility index (Phi) is 10.9. The number of carbonyl (C=O) groups excluding carboxylic acids is 1. The molecule has 0 aliphatic rings. The fourth-order valence-corrected chi connectivity index (χ4v) is 2.74. The van der Waals surface area contributed by atoms with Gasteiger partial charge in [0, 0.05) is 17.7 Å². The summed E-state index contributed by atoms with van der Waals surface area (Å²) in [6.45, 7) is 15.2. The number of amides is 1. The normalized spacial score (nSPS) is 10.7. The van der Waals surface area contributed by atoms with E-state index in [0.29, 0.717) is 5.57 Å². The van der Waals surface area contributed by atoms with Gasteiger partial charge >= 0.3 is 0 Å². The molecule has 130 valence electrons. The molecule has 1 N–H and O–H groups in total. The van der Waals surface area contributed by atoms with Crippen LogP contribution in [-0.2, 0) is 11.3 Å². The van der Waals surface area contributed by atoms with Crippen LogP contribution in [0.25, 0.3) is 0 Å². The highest BCUT2D eigenvalue weighted by Crippen LogP contribution is 2.16. The van der Waals surface area contributed by atoms with Gasteiger partial charge in [-0.2, -0.15) is 0 Å². The van der Waals surface area contributed by atoms with E-state index in [1.54, 1.807) is 6.92 Å². The van der Waals surface area contributed by atoms with Crippen LogP contribution in [0.5, 0.6) is 0 Å². The van der Waals surface area contributed by atoms with Gasteiger partial charge in [-0.1, -0.05) is 36.9 Å². The monoisotopic (exact) mass is 382 g/mol. The van der Waals surface area contributed by atoms with Crippen LogP contribution in [0.3, 0.4) is 0 Å². The number of rotatable bonds is 10. The maximum Gasteiger partial charge on any atom is 0.246 e. The van der Waals surface area contributed by atoms with E-state index in [1.807, 2.05) is 0 Å². The Morgan fingerprint density at radius 3 is 2.26 bits per heavy atom. The number of hydrogen-bond acceptors (Lipinski definition) is 1. The highest BCUT2D eigenvalue weighted by Gasteiger charge is 2.22. The molecule has 0 unspecified atom stereocenters. The lowest BCUT2D eigenvalue weighted by molar-refractivity contribution is -0.938. The van der Waals surface area contributed by atoms with Crippen molar-refractivity contribution in [1.29, 1.82) is 0 Å². The minimum atomic E-state index is -0.0315. The number of benzene rings is 1. The van der Waals surface area contributed by atoms with Crippen LogP contribution < -0.4 is 22.3 Å². The Labute approximate surface area is 152 Å². The summed E-state index contributed by atoms with van der Waals surface area (Å²) < 4.78 is 1.11. The van der Waals surface area contributed by atoms with E-state index in [-0.39, 0.29) is 22.9 Å². The first-order chi connectivity index (χ1) is 10.5. The third-order valence-electron chi connectivity index (χ3n) is 4.43. The van der Waals surface area contributed by atoms with Crippen LogP contribution in [-0.4, -0.2) is 36.6 Å². The molecule has 1 amide bonds. The molecule has 0 radical (unpaired) electrons. The third kappa shape index (κ3) is 7.80. The van der Waals surface area contributed by atoms with Crippen molar-refractivity contribution >= 4 is 5.91 Å². The van der Waals surface area contributed by atoms with Gasteiger partial charge in [0.05, 0.1) is 19.6 Å². The molecule has 0 atom stereocenters. The Morgan fingerprint density at radius 1 is 1.13 bits per heavy atom. The van der Waals surface area contributed by atoms with Gasteiger partial charge < -0.3 is 26.8 Å². The van der Waals surface area contributed by atoms with E-state index < -0.39 is 0 Å². The van der Waals surface area contributed by atoms with Crippen LogP contribution in [0.15, 0.2) is 42.5 Å². The quantitative estimate of drug-likeness (QED) is 0.356. The number of nitrogens with one attached hydrogen (secondary N) is 1. The summed E-state index contributed by atoms with van der Waals surface area (Å²) >= 11 is 0. The van der Waals surface area contributed by atoms with Crippen molar-refractivity contribution in [3.8, 4) is 0 Å². The number of carbonyl (C=O) groups is 1. The fraction of sp³-hybridized carbons (Fsp3) is 0.526. The Hall–Kier alpha value is -1.13. The van der Waals surface area contributed by atoms with Crippen molar-refractivity contribution in [3.05, 3.63) is 48.0 Å². The minimum Gasteiger partial charge on any atom is -1.00 e. The van der Waals surface area contributed by atoms with Crippen molar-refractivity contribution < 1.29 is 26.3 Å². The summed E-state index contributed by atoms with van der Waals surface area (Å²) in [7, 11) is 0. The second-order valence-electron chi connectivity index (χ2n) is 6.08. The molecule has 3 nitrogen and oxygen atoms in total. The molecule has 0 aliphatic heterocycles. The minimum absolute atomic E-state index is 0. The molecule has 23 heavy (non-hydrogen) atoms. The molecule has 0 aliphatic carbocycles. The van der Waals surface area contributed by atoms with Gasteiger partial charge in [0.15, 0.2) is 0 Å². The molecular formula is C19H31BrN2O. The molecule has 1 aromatic carbocycles. The summed E-state index contributed by atoms with van der Waals surface area (Å²) in [5, 5.41) is 2.91. The largest absolute Gasteiger partial charge is 1.00 e. The lowest BCUT2D eigenvalue weighted by Gasteiger charge is -2.37. The second kappa shape index (κ2) is 11.4. The maximum atomic E-state index is 11.4. The van der Waals surface area contributed by atoms with E-state index in [9.17, 15) is 4.79 Å². The number of quaternary nitrogens is 1. The lowest BCUT2D eigenvalue weighted by Crippen LogP contribution is -3.00. The van der Waals surface area contributed by atoms with Crippen LogP contribution in [0.4, 0.5) is 0 Å². The molecular weight excluding hydrogens is 352 g/mol. The van der Waals surface area contributed by atoms with Gasteiger partial charge in [0.1, 0.15) is 6.54 Å². The first-order valence-electron chi connectivity index (χ1n) is 8.35. The number of hydrogen-bond donors (Lipinski definition) is 1. The lowest BCUT2D eigenvalue weighted by atomic mass is 10.1. The van der Waals surface area contributed by atoms with Gasteiger partial charge in [-0.15, -0.1) is 0 Å². The van der Waals surface area contributed by atoms with Crippen LogP contribution in [0.1, 0.15) is 39.2 Å². The summed E-state index contributed by atoms with van der Waals surface area (Å²) in [5.74, 6) is -0.0315. The fourth-order valence-electron chi connectivity index (χ4n) is 2.74. The Morgan fingerprint density at radius 2 is 1.74 bits per heavy atom. The molecule has 1 rings (SSSR count). The molecule has 4 heteroatoms. The van der Waals surface area contributed by atoms with E-state index in [0.717, 1.165) is 50.0 Å². The van der Waals surface area contributed by atoms with Crippen molar-refractivity contribution in [2.24, 2.45) is 0 Å². The second-order valence-corrected chi connectivity index (χ2v) is 6.08. The molecule has 0 fully saturated rings. The molecule has 0 bridgehead atoms. The molecule has 1 aromatic rings. The summed E-state index contributed by atoms with van der Waals surface area (Å²) in [6, 6.07) is 10.7. The summed E-state index contributed by atoms with van der Waals surface area (Å²) in [4.78, 5) is 11.4.